The monoisotopic (exact) mass is 431 g/mol. The number of carbonyl (C=O) groups is 1. The zero-order chi connectivity index (χ0) is 22.3. The van der Waals surface area contributed by atoms with Gasteiger partial charge >= 0.3 is 6.03 Å². The number of nitrogens with zero attached hydrogens (tertiary/aromatic N) is 3. The Morgan fingerprint density at radius 2 is 1.62 bits per heavy atom. The summed E-state index contributed by atoms with van der Waals surface area (Å²) in [5.74, 6) is 2.59. The molecule has 0 spiro atoms. The summed E-state index contributed by atoms with van der Waals surface area (Å²) in [7, 11) is 3.05. The number of nitrogens with one attached hydrogen (secondary N) is 2. The molecule has 9 nitrogen and oxygen atoms in total. The van der Waals surface area contributed by atoms with Gasteiger partial charge in [-0.15, -0.1) is 10.2 Å². The normalized spacial score (nSPS) is 10.3. The molecule has 0 radical (unpaired) electrons. The highest BCUT2D eigenvalue weighted by Gasteiger charge is 2.12. The van der Waals surface area contributed by atoms with Crippen molar-refractivity contribution in [3.63, 3.8) is 0 Å². The molecule has 0 bridgehead atoms. The number of rotatable bonds is 7. The van der Waals surface area contributed by atoms with Crippen LogP contribution in [-0.4, -0.2) is 35.0 Å². The van der Waals surface area contributed by atoms with Gasteiger partial charge in [0.25, 0.3) is 0 Å². The third-order valence-corrected chi connectivity index (χ3v) is 4.48. The molecule has 2 aromatic carbocycles. The van der Waals surface area contributed by atoms with Gasteiger partial charge in [-0.05, 0) is 54.6 Å². The summed E-state index contributed by atoms with van der Waals surface area (Å²) < 4.78 is 18.1. The molecule has 0 saturated heterocycles. The van der Waals surface area contributed by atoms with Crippen LogP contribution >= 0.6 is 0 Å². The standard InChI is InChI=1S/C23H21N5O4/c1-30-19-7-5-6-18(22(19)31-2)25-23(29)24-16-8-10-17(11-9-16)32-21-13-12-20(26-27-21)28-14-3-4-15-28/h3-15H,1-2H3,(H2,24,25,29). The summed E-state index contributed by atoms with van der Waals surface area (Å²) >= 11 is 0. The van der Waals surface area contributed by atoms with E-state index in [0.29, 0.717) is 40.3 Å². The van der Waals surface area contributed by atoms with Crippen LogP contribution in [0.3, 0.4) is 0 Å². The van der Waals surface area contributed by atoms with Gasteiger partial charge in [-0.2, -0.15) is 0 Å². The first kappa shape index (κ1) is 20.7. The molecule has 2 N–H and O–H groups in total. The highest BCUT2D eigenvalue weighted by atomic mass is 16.5. The van der Waals surface area contributed by atoms with Crippen molar-refractivity contribution in [2.45, 2.75) is 0 Å². The Hall–Kier alpha value is -4.53. The highest BCUT2D eigenvalue weighted by Crippen LogP contribution is 2.34. The number of hydrogen-bond acceptors (Lipinski definition) is 6. The number of urea groups is 1. The van der Waals surface area contributed by atoms with Crippen LogP contribution in [-0.2, 0) is 0 Å². The maximum Gasteiger partial charge on any atom is 0.323 e. The average Bonchev–Trinajstić information content (AvgIpc) is 3.35. The van der Waals surface area contributed by atoms with E-state index in [0.717, 1.165) is 0 Å². The molecule has 162 valence electrons. The second-order valence-corrected chi connectivity index (χ2v) is 6.57. The lowest BCUT2D eigenvalue weighted by Crippen LogP contribution is -2.19. The molecule has 32 heavy (non-hydrogen) atoms. The summed E-state index contributed by atoms with van der Waals surface area (Å²) in [6.45, 7) is 0. The first-order valence-corrected chi connectivity index (χ1v) is 9.70. The topological polar surface area (TPSA) is 99.5 Å². The number of amides is 2. The zero-order valence-electron chi connectivity index (χ0n) is 17.5. The maximum absolute atomic E-state index is 12.4. The Kier molecular flexibility index (Phi) is 6.17. The van der Waals surface area contributed by atoms with Crippen LogP contribution in [0, 0.1) is 0 Å². The Balaban J connectivity index is 1.36. The van der Waals surface area contributed by atoms with E-state index in [1.807, 2.05) is 35.2 Å². The largest absolute Gasteiger partial charge is 0.493 e. The van der Waals surface area contributed by atoms with E-state index in [1.54, 1.807) is 48.5 Å². The SMILES string of the molecule is COc1cccc(NC(=O)Nc2ccc(Oc3ccc(-n4cccc4)nn3)cc2)c1OC. The average molecular weight is 431 g/mol. The summed E-state index contributed by atoms with van der Waals surface area (Å²) in [6.07, 6.45) is 3.77. The Bertz CT molecular complexity index is 1180. The number of methoxy groups -OCH3 is 2. The van der Waals surface area contributed by atoms with Gasteiger partial charge in [0.15, 0.2) is 17.3 Å². The molecule has 0 aliphatic rings. The molecule has 0 unspecified atom stereocenters. The minimum absolute atomic E-state index is 0.365. The van der Waals surface area contributed by atoms with Gasteiger partial charge in [0, 0.05) is 24.1 Å². The zero-order valence-corrected chi connectivity index (χ0v) is 17.5. The van der Waals surface area contributed by atoms with Crippen LogP contribution in [0.15, 0.2) is 79.1 Å². The van der Waals surface area contributed by atoms with Crippen LogP contribution in [0.25, 0.3) is 5.82 Å². The summed E-state index contributed by atoms with van der Waals surface area (Å²) in [4.78, 5) is 12.4. The number of para-hydroxylation sites is 1. The van der Waals surface area contributed by atoms with E-state index in [-0.39, 0.29) is 0 Å². The van der Waals surface area contributed by atoms with Crippen molar-refractivity contribution in [3.05, 3.63) is 79.1 Å². The van der Waals surface area contributed by atoms with Gasteiger partial charge in [-0.25, -0.2) is 4.79 Å². The Labute approximate surface area is 184 Å². The third kappa shape index (κ3) is 4.78. The van der Waals surface area contributed by atoms with Gasteiger partial charge in [0.1, 0.15) is 5.75 Å². The van der Waals surface area contributed by atoms with Crippen molar-refractivity contribution in [3.8, 4) is 28.9 Å². The number of benzene rings is 2. The first-order chi connectivity index (χ1) is 15.7. The molecule has 0 saturated carbocycles. The minimum atomic E-state index is -0.420. The van der Waals surface area contributed by atoms with Crippen LogP contribution in [0.2, 0.25) is 0 Å². The predicted molar refractivity (Wildman–Crippen MR) is 120 cm³/mol. The van der Waals surface area contributed by atoms with Crippen molar-refractivity contribution in [2.24, 2.45) is 0 Å². The summed E-state index contributed by atoms with van der Waals surface area (Å²) in [5.41, 5.74) is 1.08. The molecular weight excluding hydrogens is 410 g/mol. The number of anilines is 2. The second-order valence-electron chi connectivity index (χ2n) is 6.57. The van der Waals surface area contributed by atoms with Crippen LogP contribution < -0.4 is 24.8 Å². The van der Waals surface area contributed by atoms with Crippen molar-refractivity contribution in [1.29, 1.82) is 0 Å². The molecule has 2 heterocycles. The van der Waals surface area contributed by atoms with Gasteiger partial charge in [-0.1, -0.05) is 6.07 Å². The van der Waals surface area contributed by atoms with Gasteiger partial charge in [0.2, 0.25) is 5.88 Å². The molecule has 0 fully saturated rings. The van der Waals surface area contributed by atoms with Crippen molar-refractivity contribution >= 4 is 17.4 Å². The van der Waals surface area contributed by atoms with Gasteiger partial charge < -0.3 is 29.4 Å². The smallest absolute Gasteiger partial charge is 0.323 e. The van der Waals surface area contributed by atoms with E-state index >= 15 is 0 Å². The third-order valence-electron chi connectivity index (χ3n) is 4.48. The van der Waals surface area contributed by atoms with Crippen LogP contribution in [0.1, 0.15) is 0 Å². The van der Waals surface area contributed by atoms with Crippen molar-refractivity contribution < 1.29 is 19.0 Å². The molecule has 9 heteroatoms. The number of aromatic nitrogens is 3. The minimum Gasteiger partial charge on any atom is -0.493 e. The molecule has 0 aliphatic carbocycles. The number of ether oxygens (including phenoxy) is 3. The fraction of sp³-hybridized carbons (Fsp3) is 0.0870. The van der Waals surface area contributed by atoms with Crippen LogP contribution in [0.5, 0.6) is 23.1 Å². The maximum atomic E-state index is 12.4. The fourth-order valence-corrected chi connectivity index (χ4v) is 2.99. The van der Waals surface area contributed by atoms with Crippen LogP contribution in [0.4, 0.5) is 16.2 Å². The lowest BCUT2D eigenvalue weighted by atomic mass is 10.2. The van der Waals surface area contributed by atoms with E-state index in [2.05, 4.69) is 20.8 Å². The fourth-order valence-electron chi connectivity index (χ4n) is 2.99. The molecular formula is C23H21N5O4. The summed E-state index contributed by atoms with van der Waals surface area (Å²) in [6, 6.07) is 19.1. The Morgan fingerprint density at radius 1 is 0.844 bits per heavy atom. The van der Waals surface area contributed by atoms with E-state index in [4.69, 9.17) is 14.2 Å². The van der Waals surface area contributed by atoms with Crippen molar-refractivity contribution in [2.75, 3.05) is 24.9 Å². The number of hydrogen-bond donors (Lipinski definition) is 2. The Morgan fingerprint density at radius 3 is 2.28 bits per heavy atom. The lowest BCUT2D eigenvalue weighted by molar-refractivity contribution is 0.262. The van der Waals surface area contributed by atoms with Gasteiger partial charge in [-0.3, -0.25) is 0 Å². The molecule has 2 amide bonds. The second kappa shape index (κ2) is 9.52. The molecule has 0 aliphatic heterocycles. The lowest BCUT2D eigenvalue weighted by Gasteiger charge is -2.14. The summed E-state index contributed by atoms with van der Waals surface area (Å²) in [5, 5.41) is 13.7. The van der Waals surface area contributed by atoms with E-state index in [1.165, 1.54) is 14.2 Å². The molecule has 4 rings (SSSR count). The quantitative estimate of drug-likeness (QED) is 0.439. The van der Waals surface area contributed by atoms with Crippen molar-refractivity contribution in [1.82, 2.24) is 14.8 Å². The molecule has 4 aromatic rings. The molecule has 2 aromatic heterocycles. The van der Waals surface area contributed by atoms with E-state index < -0.39 is 6.03 Å². The van der Waals surface area contributed by atoms with E-state index in [9.17, 15) is 4.79 Å². The molecule has 0 atom stereocenters. The predicted octanol–water partition coefficient (Wildman–Crippen LogP) is 4.72. The first-order valence-electron chi connectivity index (χ1n) is 9.70. The highest BCUT2D eigenvalue weighted by molar-refractivity contribution is 6.01. The number of carbonyl (C=O) groups excluding carboxylic acids is 1. The van der Waals surface area contributed by atoms with Gasteiger partial charge in [0.05, 0.1) is 19.9 Å².